The van der Waals surface area contributed by atoms with Crippen molar-refractivity contribution in [1.82, 2.24) is 0 Å². The fraction of sp³-hybridized carbons (Fsp3) is 0.353. The van der Waals surface area contributed by atoms with Crippen LogP contribution in [-0.2, 0) is 14.2 Å². The molecule has 7 nitrogen and oxygen atoms in total. The molecule has 9 heteroatoms. The molecule has 4 aromatic rings. The number of para-hydroxylation sites is 3. The molecule has 43 heavy (non-hydrogen) atoms. The number of hydrogen-bond acceptors (Lipinski definition) is 7. The number of ether oxygens (including phenoxy) is 3. The van der Waals surface area contributed by atoms with Crippen molar-refractivity contribution in [1.29, 1.82) is 0 Å². The van der Waals surface area contributed by atoms with Gasteiger partial charge in [0.05, 0.1) is 0 Å². The van der Waals surface area contributed by atoms with E-state index in [1.807, 2.05) is 80.6 Å². The van der Waals surface area contributed by atoms with E-state index in [1.165, 1.54) is 0 Å². The van der Waals surface area contributed by atoms with Crippen molar-refractivity contribution in [2.45, 2.75) is 75.6 Å². The van der Waals surface area contributed by atoms with E-state index in [0.29, 0.717) is 12.8 Å². The highest BCUT2D eigenvalue weighted by molar-refractivity contribution is 7.56. The summed E-state index contributed by atoms with van der Waals surface area (Å²) >= 11 is 0. The van der Waals surface area contributed by atoms with Crippen LogP contribution in [-0.4, -0.2) is 22.3 Å². The first kappa shape index (κ1) is 27.5. The first-order chi connectivity index (χ1) is 20.6. The van der Waals surface area contributed by atoms with Gasteiger partial charge >= 0.3 is 8.24 Å². The van der Waals surface area contributed by atoms with Crippen LogP contribution >= 0.6 is 16.4 Å². The summed E-state index contributed by atoms with van der Waals surface area (Å²) in [6, 6.07) is 24.1. The Bertz CT molecular complexity index is 1760. The van der Waals surface area contributed by atoms with Gasteiger partial charge in [-0.2, -0.15) is 0 Å². The van der Waals surface area contributed by atoms with E-state index in [4.69, 9.17) is 31.7 Å². The maximum Gasteiger partial charge on any atom is 0.453 e. The van der Waals surface area contributed by atoms with Crippen LogP contribution in [0.1, 0.15) is 58.9 Å². The van der Waals surface area contributed by atoms with Gasteiger partial charge in [-0.15, -0.1) is 0 Å². The zero-order chi connectivity index (χ0) is 29.5. The van der Waals surface area contributed by atoms with Gasteiger partial charge in [0.25, 0.3) is 0 Å². The van der Waals surface area contributed by atoms with E-state index in [2.05, 4.69) is 32.1 Å². The fourth-order valence-corrected chi connectivity index (χ4v) is 11.7. The number of benzene rings is 3. The summed E-state index contributed by atoms with van der Waals surface area (Å²) in [5, 5.41) is 0.933. The van der Waals surface area contributed by atoms with Crippen LogP contribution in [0, 0.1) is 0 Å². The second kappa shape index (κ2) is 9.72. The topological polar surface area (TPSA) is 72.4 Å². The molecule has 0 amide bonds. The standard InChI is InChI=1S/C34H34O7P2/c1-31-21-33(3)41-32(2,39-31)22-34(4,40-31)42(33)35-27-17-9-5-13-23(27)24-14-6-10-18-28(24)36-43-37-29-19-11-7-15-25(29)26-16-8-12-20-30(26)38-43/h5,7-9,11-20H,6,10,21-22H2,1-4H3. The molecule has 3 aromatic carbocycles. The summed E-state index contributed by atoms with van der Waals surface area (Å²) in [4.78, 5) is 0. The molecule has 5 heterocycles. The molecule has 9 rings (SSSR count). The molecular weight excluding hydrogens is 582 g/mol. The van der Waals surface area contributed by atoms with Gasteiger partial charge in [-0.05, 0) is 64.8 Å². The SMILES string of the molecule is CC12CC3(C)OC(C)(CC(C)(O1)P3Oc1ccccc1C1=CCCC=C1Op1oc3ccccc3c3ccccc3o1)O2. The van der Waals surface area contributed by atoms with E-state index >= 15 is 0 Å². The molecule has 4 bridgehead atoms. The number of hydrogen-bond donors (Lipinski definition) is 0. The van der Waals surface area contributed by atoms with Crippen LogP contribution in [0.3, 0.4) is 0 Å². The van der Waals surface area contributed by atoms with E-state index in [9.17, 15) is 0 Å². The molecule has 4 unspecified atom stereocenters. The van der Waals surface area contributed by atoms with Crippen LogP contribution in [0.2, 0.25) is 0 Å². The Morgan fingerprint density at radius 1 is 0.628 bits per heavy atom. The molecule has 0 radical (unpaired) electrons. The lowest BCUT2D eigenvalue weighted by Crippen LogP contribution is -2.71. The monoisotopic (exact) mass is 616 g/mol. The van der Waals surface area contributed by atoms with Gasteiger partial charge in [0.2, 0.25) is 0 Å². The number of rotatable bonds is 5. The minimum absolute atomic E-state index is 0.516. The molecular formula is C34H34O7P2. The maximum absolute atomic E-state index is 7.00. The molecule has 1 aliphatic carbocycles. The van der Waals surface area contributed by atoms with Crippen LogP contribution in [0.4, 0.5) is 0 Å². The van der Waals surface area contributed by atoms with Crippen molar-refractivity contribution in [3.63, 3.8) is 0 Å². The average Bonchev–Trinajstić information content (AvgIpc) is 3.10. The van der Waals surface area contributed by atoms with E-state index in [-0.39, 0.29) is 0 Å². The molecule has 4 fully saturated rings. The zero-order valence-corrected chi connectivity index (χ0v) is 26.5. The van der Waals surface area contributed by atoms with Gasteiger partial charge in [0.1, 0.15) is 33.4 Å². The highest BCUT2D eigenvalue weighted by atomic mass is 31.1. The molecule has 0 saturated carbocycles. The van der Waals surface area contributed by atoms with Gasteiger partial charge < -0.3 is 31.7 Å². The fourth-order valence-electron chi connectivity index (χ4n) is 7.44. The highest BCUT2D eigenvalue weighted by Gasteiger charge is 2.73. The Morgan fingerprint density at radius 2 is 1.19 bits per heavy atom. The van der Waals surface area contributed by atoms with Crippen molar-refractivity contribution in [3.8, 4) is 5.75 Å². The smallest absolute Gasteiger partial charge is 0.453 e. The maximum atomic E-state index is 7.00. The van der Waals surface area contributed by atoms with Gasteiger partial charge in [-0.1, -0.05) is 60.7 Å². The minimum Gasteiger partial charge on any atom is -0.468 e. The normalized spacial score (nSPS) is 32.9. The van der Waals surface area contributed by atoms with Gasteiger partial charge in [0, 0.05) is 34.8 Å². The molecule has 222 valence electrons. The van der Waals surface area contributed by atoms with Crippen LogP contribution in [0.25, 0.3) is 27.5 Å². The number of allylic oxidation sites excluding steroid dienone is 3. The molecule has 4 saturated heterocycles. The van der Waals surface area contributed by atoms with E-state index in [0.717, 1.165) is 57.4 Å². The quantitative estimate of drug-likeness (QED) is 0.207. The third-order valence-electron chi connectivity index (χ3n) is 8.52. The van der Waals surface area contributed by atoms with Gasteiger partial charge in [-0.3, -0.25) is 0 Å². The molecule has 5 aliphatic rings. The highest BCUT2D eigenvalue weighted by Crippen LogP contribution is 2.76. The Labute approximate surface area is 252 Å². The Hall–Kier alpha value is -3.05. The first-order valence-electron chi connectivity index (χ1n) is 14.8. The van der Waals surface area contributed by atoms with Crippen molar-refractivity contribution in [2.75, 3.05) is 0 Å². The molecule has 4 aliphatic heterocycles. The van der Waals surface area contributed by atoms with Crippen LogP contribution in [0.5, 0.6) is 5.75 Å². The number of fused-ring (bicyclic) bond motifs is 3. The van der Waals surface area contributed by atoms with Gasteiger partial charge in [0.15, 0.2) is 19.7 Å². The predicted molar refractivity (Wildman–Crippen MR) is 168 cm³/mol. The summed E-state index contributed by atoms with van der Waals surface area (Å²) in [5.74, 6) is 0.122. The second-order valence-electron chi connectivity index (χ2n) is 12.4. The molecule has 0 spiro atoms. The molecule has 1 aromatic heterocycles. The summed E-state index contributed by atoms with van der Waals surface area (Å²) in [6.45, 7) is 8.32. The average molecular weight is 617 g/mol. The first-order valence-corrected chi connectivity index (χ1v) is 17.1. The lowest BCUT2D eigenvalue weighted by molar-refractivity contribution is -0.469. The zero-order valence-electron chi connectivity index (χ0n) is 24.7. The Balaban J connectivity index is 1.15. The van der Waals surface area contributed by atoms with E-state index in [1.54, 1.807) is 0 Å². The second-order valence-corrected chi connectivity index (χ2v) is 16.1. The summed E-state index contributed by atoms with van der Waals surface area (Å²) in [5.41, 5.74) is 3.39. The Kier molecular flexibility index (Phi) is 6.22. The Morgan fingerprint density at radius 3 is 1.84 bits per heavy atom. The van der Waals surface area contributed by atoms with Crippen molar-refractivity contribution in [2.24, 2.45) is 0 Å². The molecule has 4 atom stereocenters. The van der Waals surface area contributed by atoms with Crippen molar-refractivity contribution >= 4 is 43.9 Å². The molecule has 0 N–H and O–H groups in total. The lowest BCUT2D eigenvalue weighted by atomic mass is 9.97. The van der Waals surface area contributed by atoms with Crippen molar-refractivity contribution < 1.29 is 31.7 Å². The van der Waals surface area contributed by atoms with Crippen molar-refractivity contribution in [3.05, 3.63) is 96.3 Å². The summed E-state index contributed by atoms with van der Waals surface area (Å²) < 4.78 is 45.8. The summed E-state index contributed by atoms with van der Waals surface area (Å²) in [6.07, 6.45) is 7.30. The third-order valence-corrected chi connectivity index (χ3v) is 12.2. The largest absolute Gasteiger partial charge is 0.468 e. The summed E-state index contributed by atoms with van der Waals surface area (Å²) in [7, 11) is -2.97. The van der Waals surface area contributed by atoms with Crippen LogP contribution in [0.15, 0.2) is 99.1 Å². The van der Waals surface area contributed by atoms with Gasteiger partial charge in [-0.25, -0.2) is 0 Å². The predicted octanol–water partition coefficient (Wildman–Crippen LogP) is 9.99. The van der Waals surface area contributed by atoms with E-state index < -0.39 is 38.6 Å². The minimum atomic E-state index is -1.77. The third kappa shape index (κ3) is 4.65. The lowest BCUT2D eigenvalue weighted by Gasteiger charge is -2.68. The van der Waals surface area contributed by atoms with Crippen LogP contribution < -0.4 is 9.05 Å².